The molecule has 0 saturated heterocycles. The van der Waals surface area contributed by atoms with Gasteiger partial charge in [0.2, 0.25) is 5.28 Å². The van der Waals surface area contributed by atoms with Gasteiger partial charge in [0, 0.05) is 11.0 Å². The Morgan fingerprint density at radius 2 is 2.19 bits per heavy atom. The van der Waals surface area contributed by atoms with Crippen molar-refractivity contribution in [1.82, 2.24) is 9.55 Å². The first-order chi connectivity index (χ1) is 7.54. The topological polar surface area (TPSA) is 34.9 Å². The Labute approximate surface area is 106 Å². The van der Waals surface area contributed by atoms with E-state index in [1.807, 2.05) is 26.0 Å². The summed E-state index contributed by atoms with van der Waals surface area (Å²) in [7, 11) is 0. The SMILES string of the molecule is CCn1c(Cl)nc2c(Br)cc(C)cc2c1=O. The molecule has 2 aromatic rings. The van der Waals surface area contributed by atoms with Crippen molar-refractivity contribution >= 4 is 38.4 Å². The number of hydrogen-bond donors (Lipinski definition) is 0. The Hall–Kier alpha value is -0.870. The van der Waals surface area contributed by atoms with E-state index in [9.17, 15) is 4.79 Å². The third-order valence-corrected chi connectivity index (χ3v) is 3.32. The first-order valence-corrected chi connectivity index (χ1v) is 6.08. The molecule has 1 heterocycles. The highest BCUT2D eigenvalue weighted by atomic mass is 79.9. The van der Waals surface area contributed by atoms with E-state index in [1.54, 1.807) is 0 Å². The standard InChI is InChI=1S/C11H10BrClN2O/c1-3-15-10(16)7-4-6(2)5-8(12)9(7)14-11(15)13/h4-5H,3H2,1-2H3. The van der Waals surface area contributed by atoms with E-state index in [-0.39, 0.29) is 10.8 Å². The van der Waals surface area contributed by atoms with E-state index in [2.05, 4.69) is 20.9 Å². The Morgan fingerprint density at radius 1 is 1.50 bits per heavy atom. The average Bonchev–Trinajstić information content (AvgIpc) is 2.21. The van der Waals surface area contributed by atoms with Crippen LogP contribution in [0.5, 0.6) is 0 Å². The first kappa shape index (κ1) is 11.6. The lowest BCUT2D eigenvalue weighted by Gasteiger charge is -2.08. The highest BCUT2D eigenvalue weighted by molar-refractivity contribution is 9.10. The van der Waals surface area contributed by atoms with Gasteiger partial charge in [-0.15, -0.1) is 0 Å². The van der Waals surface area contributed by atoms with Crippen LogP contribution in [0.4, 0.5) is 0 Å². The molecule has 1 aromatic heterocycles. The highest BCUT2D eigenvalue weighted by Crippen LogP contribution is 2.23. The van der Waals surface area contributed by atoms with Crippen LogP contribution in [0.3, 0.4) is 0 Å². The van der Waals surface area contributed by atoms with E-state index >= 15 is 0 Å². The van der Waals surface area contributed by atoms with Crippen LogP contribution in [0.25, 0.3) is 10.9 Å². The molecule has 3 nitrogen and oxygen atoms in total. The van der Waals surface area contributed by atoms with Crippen LogP contribution in [0.15, 0.2) is 21.4 Å². The normalized spacial score (nSPS) is 11.0. The molecule has 5 heteroatoms. The minimum Gasteiger partial charge on any atom is -0.283 e. The smallest absolute Gasteiger partial charge is 0.262 e. The Bertz CT molecular complexity index is 621. The quantitative estimate of drug-likeness (QED) is 0.759. The van der Waals surface area contributed by atoms with Gasteiger partial charge in [-0.1, -0.05) is 0 Å². The summed E-state index contributed by atoms with van der Waals surface area (Å²) < 4.78 is 2.25. The van der Waals surface area contributed by atoms with Crippen LogP contribution in [-0.4, -0.2) is 9.55 Å². The molecule has 0 unspecified atom stereocenters. The molecule has 1 aromatic carbocycles. The second-order valence-electron chi connectivity index (χ2n) is 3.57. The number of benzene rings is 1. The summed E-state index contributed by atoms with van der Waals surface area (Å²) in [6.45, 7) is 4.33. The van der Waals surface area contributed by atoms with Gasteiger partial charge < -0.3 is 0 Å². The highest BCUT2D eigenvalue weighted by Gasteiger charge is 2.10. The number of aromatic nitrogens is 2. The molecule has 16 heavy (non-hydrogen) atoms. The van der Waals surface area contributed by atoms with Gasteiger partial charge in [0.05, 0.1) is 10.9 Å². The fourth-order valence-corrected chi connectivity index (χ4v) is 2.61. The lowest BCUT2D eigenvalue weighted by Crippen LogP contribution is -2.21. The predicted molar refractivity (Wildman–Crippen MR) is 69.1 cm³/mol. The second-order valence-corrected chi connectivity index (χ2v) is 4.77. The average molecular weight is 302 g/mol. The molecule has 0 atom stereocenters. The van der Waals surface area contributed by atoms with Crippen molar-refractivity contribution in [1.29, 1.82) is 0 Å². The third-order valence-electron chi connectivity index (χ3n) is 2.43. The molecule has 0 fully saturated rings. The van der Waals surface area contributed by atoms with E-state index < -0.39 is 0 Å². The van der Waals surface area contributed by atoms with Crippen LogP contribution >= 0.6 is 27.5 Å². The molecule has 0 aliphatic carbocycles. The van der Waals surface area contributed by atoms with Crippen molar-refractivity contribution in [3.63, 3.8) is 0 Å². The molecule has 0 saturated carbocycles. The van der Waals surface area contributed by atoms with Gasteiger partial charge >= 0.3 is 0 Å². The third kappa shape index (κ3) is 1.76. The van der Waals surface area contributed by atoms with E-state index in [1.165, 1.54) is 4.57 Å². The molecular formula is C11H10BrClN2O. The lowest BCUT2D eigenvalue weighted by atomic mass is 10.2. The van der Waals surface area contributed by atoms with Crippen molar-refractivity contribution in [2.75, 3.05) is 0 Å². The molecule has 0 aliphatic rings. The number of rotatable bonds is 1. The molecule has 0 spiro atoms. The maximum Gasteiger partial charge on any atom is 0.262 e. The molecule has 0 aliphatic heterocycles. The van der Waals surface area contributed by atoms with Crippen LogP contribution in [0.1, 0.15) is 12.5 Å². The number of fused-ring (bicyclic) bond motifs is 1. The van der Waals surface area contributed by atoms with Crippen LogP contribution < -0.4 is 5.56 Å². The summed E-state index contributed by atoms with van der Waals surface area (Å²) in [6, 6.07) is 3.75. The number of halogens is 2. The van der Waals surface area contributed by atoms with Crippen molar-refractivity contribution < 1.29 is 0 Å². The predicted octanol–water partition coefficient (Wildman–Crippen LogP) is 3.14. The van der Waals surface area contributed by atoms with Crippen molar-refractivity contribution in [2.45, 2.75) is 20.4 Å². The Kier molecular flexibility index (Phi) is 3.04. The first-order valence-electron chi connectivity index (χ1n) is 4.90. The Morgan fingerprint density at radius 3 is 2.81 bits per heavy atom. The summed E-state index contributed by atoms with van der Waals surface area (Å²) >= 11 is 9.34. The molecular weight excluding hydrogens is 291 g/mol. The Balaban J connectivity index is 2.99. The van der Waals surface area contributed by atoms with Gasteiger partial charge in [-0.25, -0.2) is 4.98 Å². The van der Waals surface area contributed by atoms with E-state index in [4.69, 9.17) is 11.6 Å². The fourth-order valence-electron chi connectivity index (χ4n) is 1.67. The maximum absolute atomic E-state index is 12.1. The van der Waals surface area contributed by atoms with Crippen molar-refractivity contribution in [3.05, 3.63) is 37.8 Å². The number of aryl methyl sites for hydroxylation is 1. The molecule has 84 valence electrons. The fraction of sp³-hybridized carbons (Fsp3) is 0.273. The van der Waals surface area contributed by atoms with Crippen LogP contribution in [-0.2, 0) is 6.54 Å². The van der Waals surface area contributed by atoms with Crippen molar-refractivity contribution in [2.24, 2.45) is 0 Å². The molecule has 0 radical (unpaired) electrons. The zero-order chi connectivity index (χ0) is 11.9. The molecule has 2 rings (SSSR count). The second kappa shape index (κ2) is 4.18. The van der Waals surface area contributed by atoms with Gasteiger partial charge in [-0.3, -0.25) is 9.36 Å². The summed E-state index contributed by atoms with van der Waals surface area (Å²) in [5, 5.41) is 0.822. The number of hydrogen-bond acceptors (Lipinski definition) is 2. The summed E-state index contributed by atoms with van der Waals surface area (Å²) in [5.41, 5.74) is 1.54. The molecule has 0 N–H and O–H groups in total. The van der Waals surface area contributed by atoms with Gasteiger partial charge in [0.15, 0.2) is 0 Å². The lowest BCUT2D eigenvalue weighted by molar-refractivity contribution is 0.718. The summed E-state index contributed by atoms with van der Waals surface area (Å²) in [4.78, 5) is 16.3. The van der Waals surface area contributed by atoms with Gasteiger partial charge in [0.1, 0.15) is 0 Å². The monoisotopic (exact) mass is 300 g/mol. The van der Waals surface area contributed by atoms with Crippen LogP contribution in [0.2, 0.25) is 5.28 Å². The molecule has 0 amide bonds. The summed E-state index contributed by atoms with van der Waals surface area (Å²) in [6.07, 6.45) is 0. The minimum atomic E-state index is -0.0955. The van der Waals surface area contributed by atoms with E-state index in [0.717, 1.165) is 10.0 Å². The van der Waals surface area contributed by atoms with E-state index in [0.29, 0.717) is 17.4 Å². The zero-order valence-electron chi connectivity index (χ0n) is 8.92. The summed E-state index contributed by atoms with van der Waals surface area (Å²) in [5.74, 6) is 0. The van der Waals surface area contributed by atoms with Gasteiger partial charge in [-0.2, -0.15) is 0 Å². The van der Waals surface area contributed by atoms with Gasteiger partial charge in [0.25, 0.3) is 5.56 Å². The van der Waals surface area contributed by atoms with Gasteiger partial charge in [-0.05, 0) is 59.1 Å². The zero-order valence-corrected chi connectivity index (χ0v) is 11.3. The number of nitrogens with zero attached hydrogens (tertiary/aromatic N) is 2. The minimum absolute atomic E-state index is 0.0955. The van der Waals surface area contributed by atoms with Crippen molar-refractivity contribution in [3.8, 4) is 0 Å². The maximum atomic E-state index is 12.1. The largest absolute Gasteiger partial charge is 0.283 e. The molecule has 0 bridgehead atoms. The van der Waals surface area contributed by atoms with Crippen LogP contribution in [0, 0.1) is 6.92 Å².